The number of carbonyl (C=O) groups is 2. The summed E-state index contributed by atoms with van der Waals surface area (Å²) >= 11 is 11.6. The first kappa shape index (κ1) is 23.7. The lowest BCUT2D eigenvalue weighted by Gasteiger charge is -2.17. The van der Waals surface area contributed by atoms with Crippen LogP contribution in [0.15, 0.2) is 81.5 Å². The van der Waals surface area contributed by atoms with Crippen LogP contribution in [0, 0.1) is 0 Å². The molecule has 0 radical (unpaired) electrons. The van der Waals surface area contributed by atoms with Gasteiger partial charge < -0.3 is 9.47 Å². The molecule has 35 heavy (non-hydrogen) atoms. The number of hydrogen-bond acceptors (Lipinski definition) is 7. The molecule has 2 heterocycles. The van der Waals surface area contributed by atoms with Crippen LogP contribution >= 0.6 is 51.2 Å². The Morgan fingerprint density at radius 2 is 1.89 bits per heavy atom. The molecule has 1 aliphatic heterocycles. The fourth-order valence-electron chi connectivity index (χ4n) is 3.69. The molecule has 0 spiro atoms. The first-order valence-corrected chi connectivity index (χ1v) is 13.2. The van der Waals surface area contributed by atoms with Gasteiger partial charge in [-0.15, -0.1) is 11.3 Å². The molecule has 0 atom stereocenters. The molecule has 0 aliphatic carbocycles. The van der Waals surface area contributed by atoms with Crippen LogP contribution in [0.1, 0.15) is 15.2 Å². The van der Waals surface area contributed by atoms with Gasteiger partial charge in [-0.25, -0.2) is 4.79 Å². The van der Waals surface area contributed by atoms with E-state index in [4.69, 9.17) is 21.7 Å². The maximum Gasteiger partial charge on any atom is 0.353 e. The highest BCUT2D eigenvalue weighted by Gasteiger charge is 2.34. The van der Waals surface area contributed by atoms with Crippen molar-refractivity contribution in [3.63, 3.8) is 0 Å². The smallest absolute Gasteiger partial charge is 0.353 e. The van der Waals surface area contributed by atoms with E-state index in [-0.39, 0.29) is 11.7 Å². The van der Waals surface area contributed by atoms with Crippen molar-refractivity contribution in [3.8, 4) is 11.5 Å². The number of methoxy groups -OCH3 is 1. The minimum Gasteiger partial charge on any atom is -0.493 e. The highest BCUT2D eigenvalue weighted by molar-refractivity contribution is 9.10. The van der Waals surface area contributed by atoms with Crippen molar-refractivity contribution in [3.05, 3.63) is 91.9 Å². The van der Waals surface area contributed by atoms with Gasteiger partial charge in [0.2, 0.25) is 0 Å². The topological polar surface area (TPSA) is 55.8 Å². The van der Waals surface area contributed by atoms with Crippen molar-refractivity contribution < 1.29 is 19.1 Å². The van der Waals surface area contributed by atoms with E-state index in [9.17, 15) is 9.59 Å². The molecule has 5 nitrogen and oxygen atoms in total. The average Bonchev–Trinajstić information content (AvgIpc) is 3.49. The monoisotopic (exact) mass is 581 g/mol. The third-order valence-corrected chi connectivity index (χ3v) is 8.01. The predicted octanol–water partition coefficient (Wildman–Crippen LogP) is 7.30. The number of thiocarbonyl (C=S) groups is 1. The van der Waals surface area contributed by atoms with Gasteiger partial charge in [-0.3, -0.25) is 9.69 Å². The number of hydrogen-bond donors (Lipinski definition) is 0. The Bertz CT molecular complexity index is 1510. The number of anilines is 1. The van der Waals surface area contributed by atoms with Gasteiger partial charge in [0.05, 0.1) is 22.2 Å². The Morgan fingerprint density at radius 1 is 1.09 bits per heavy atom. The zero-order valence-corrected chi connectivity index (χ0v) is 22.2. The van der Waals surface area contributed by atoms with E-state index >= 15 is 0 Å². The number of carbonyl (C=O) groups excluding carboxylic acids is 2. The zero-order chi connectivity index (χ0) is 24.5. The summed E-state index contributed by atoms with van der Waals surface area (Å²) in [6.45, 7) is 0. The predicted molar refractivity (Wildman–Crippen MR) is 150 cm³/mol. The molecule has 3 aromatic carbocycles. The summed E-state index contributed by atoms with van der Waals surface area (Å²) in [7, 11) is 1.49. The molecule has 0 bridgehead atoms. The average molecular weight is 583 g/mol. The molecule has 5 rings (SSSR count). The van der Waals surface area contributed by atoms with Gasteiger partial charge in [0.15, 0.2) is 15.8 Å². The summed E-state index contributed by atoms with van der Waals surface area (Å²) in [6, 6.07) is 20.7. The largest absolute Gasteiger partial charge is 0.493 e. The zero-order valence-electron chi connectivity index (χ0n) is 18.2. The molecule has 1 saturated heterocycles. The Kier molecular flexibility index (Phi) is 6.75. The van der Waals surface area contributed by atoms with Crippen LogP contribution in [0.4, 0.5) is 5.69 Å². The van der Waals surface area contributed by atoms with Crippen LogP contribution in [-0.4, -0.2) is 23.3 Å². The quantitative estimate of drug-likeness (QED) is 0.107. The van der Waals surface area contributed by atoms with Crippen molar-refractivity contribution >= 4 is 90.0 Å². The van der Waals surface area contributed by atoms with E-state index < -0.39 is 5.97 Å². The van der Waals surface area contributed by atoms with Gasteiger partial charge in [-0.05, 0) is 62.6 Å². The maximum absolute atomic E-state index is 13.4. The minimum atomic E-state index is -0.470. The standard InChI is InChI=1S/C26H16BrNO4S3/c1-31-20-13-15(12-18(27)23(20)32-25(30)21-10-5-11-34-21)14-22-24(29)28(26(33)35-22)19-9-4-7-16-6-2-3-8-17(16)19/h2-14H,1H3/b22-14+. The number of fused-ring (bicyclic) bond motifs is 1. The third kappa shape index (κ3) is 4.64. The van der Waals surface area contributed by atoms with Crippen LogP contribution in [0.3, 0.4) is 0 Å². The molecular formula is C26H16BrNO4S3. The molecular weight excluding hydrogens is 566 g/mol. The Morgan fingerprint density at radius 3 is 2.66 bits per heavy atom. The fraction of sp³-hybridized carbons (Fsp3) is 0.0385. The number of thioether (sulfide) groups is 1. The molecule has 174 valence electrons. The SMILES string of the molecule is COc1cc(/C=C2/SC(=S)N(c3cccc4ccccc34)C2=O)cc(Br)c1OC(=O)c1cccs1. The number of halogens is 1. The van der Waals surface area contributed by atoms with Gasteiger partial charge in [-0.1, -0.05) is 66.4 Å². The molecule has 0 N–H and O–H groups in total. The van der Waals surface area contributed by atoms with Gasteiger partial charge in [0.25, 0.3) is 5.91 Å². The molecule has 0 unspecified atom stereocenters. The lowest BCUT2D eigenvalue weighted by Crippen LogP contribution is -2.27. The number of ether oxygens (including phenoxy) is 2. The molecule has 0 saturated carbocycles. The first-order chi connectivity index (χ1) is 17.0. The number of nitrogens with zero attached hydrogens (tertiary/aromatic N) is 1. The second-order valence-electron chi connectivity index (χ2n) is 7.42. The van der Waals surface area contributed by atoms with Crippen LogP contribution in [-0.2, 0) is 4.79 Å². The number of thiophene rings is 1. The van der Waals surface area contributed by atoms with E-state index in [1.807, 2.05) is 42.5 Å². The summed E-state index contributed by atoms with van der Waals surface area (Å²) in [6.07, 6.45) is 1.75. The number of esters is 1. The van der Waals surface area contributed by atoms with E-state index in [0.717, 1.165) is 16.5 Å². The van der Waals surface area contributed by atoms with Crippen molar-refractivity contribution in [2.75, 3.05) is 12.0 Å². The second kappa shape index (κ2) is 9.94. The van der Waals surface area contributed by atoms with E-state index in [2.05, 4.69) is 15.9 Å². The lowest BCUT2D eigenvalue weighted by atomic mass is 10.1. The molecule has 1 aromatic heterocycles. The minimum absolute atomic E-state index is 0.195. The van der Waals surface area contributed by atoms with Gasteiger partial charge >= 0.3 is 5.97 Å². The Balaban J connectivity index is 1.46. The van der Waals surface area contributed by atoms with Crippen molar-refractivity contribution in [1.29, 1.82) is 0 Å². The third-order valence-electron chi connectivity index (χ3n) is 5.27. The number of benzene rings is 3. The molecule has 1 fully saturated rings. The number of amides is 1. The van der Waals surface area contributed by atoms with E-state index in [0.29, 0.717) is 29.9 Å². The van der Waals surface area contributed by atoms with E-state index in [1.165, 1.54) is 30.2 Å². The van der Waals surface area contributed by atoms with Crippen LogP contribution in [0.5, 0.6) is 11.5 Å². The summed E-state index contributed by atoms with van der Waals surface area (Å²) in [5.41, 5.74) is 1.45. The fourth-order valence-corrected chi connectivity index (χ4v) is 6.11. The van der Waals surface area contributed by atoms with Crippen LogP contribution in [0.25, 0.3) is 16.8 Å². The highest BCUT2D eigenvalue weighted by Crippen LogP contribution is 2.41. The van der Waals surface area contributed by atoms with Gasteiger partial charge in [-0.2, -0.15) is 0 Å². The van der Waals surface area contributed by atoms with Crippen LogP contribution in [0.2, 0.25) is 0 Å². The summed E-state index contributed by atoms with van der Waals surface area (Å²) in [5, 5.41) is 3.79. The Hall–Kier alpha value is -2.98. The first-order valence-electron chi connectivity index (χ1n) is 10.3. The van der Waals surface area contributed by atoms with Crippen LogP contribution < -0.4 is 14.4 Å². The van der Waals surface area contributed by atoms with Crippen molar-refractivity contribution in [1.82, 2.24) is 0 Å². The molecule has 1 amide bonds. The molecule has 9 heteroatoms. The summed E-state index contributed by atoms with van der Waals surface area (Å²) in [4.78, 5) is 28.4. The van der Waals surface area contributed by atoms with E-state index in [1.54, 1.807) is 40.6 Å². The van der Waals surface area contributed by atoms with Crippen molar-refractivity contribution in [2.24, 2.45) is 0 Å². The summed E-state index contributed by atoms with van der Waals surface area (Å²) in [5.74, 6) is -0.0335. The van der Waals surface area contributed by atoms with Gasteiger partial charge in [0.1, 0.15) is 4.88 Å². The lowest BCUT2D eigenvalue weighted by molar-refractivity contribution is -0.113. The molecule has 1 aliphatic rings. The van der Waals surface area contributed by atoms with Crippen molar-refractivity contribution in [2.45, 2.75) is 0 Å². The number of rotatable bonds is 5. The normalized spacial score (nSPS) is 14.7. The van der Waals surface area contributed by atoms with Gasteiger partial charge in [0, 0.05) is 5.39 Å². The second-order valence-corrected chi connectivity index (χ2v) is 10.9. The Labute approximate surface area is 223 Å². The maximum atomic E-state index is 13.4. The highest BCUT2D eigenvalue weighted by atomic mass is 79.9. The summed E-state index contributed by atoms with van der Waals surface area (Å²) < 4.78 is 12.0. The molecule has 4 aromatic rings.